The number of aliphatic hydroxyl groups excluding tert-OH is 19. The molecule has 0 spiro atoms. The summed E-state index contributed by atoms with van der Waals surface area (Å²) >= 11 is 0. The number of ether oxygens (including phenoxy) is 12. The summed E-state index contributed by atoms with van der Waals surface area (Å²) in [7, 11) is 0. The molecule has 0 aromatic carbocycles. The molecule has 6 fully saturated rings. The van der Waals surface area contributed by atoms with E-state index in [9.17, 15) is 136 Å². The number of amides is 4. The smallest absolute Gasteiger partial charge is 0.364 e. The van der Waals surface area contributed by atoms with E-state index < -0.39 is 302 Å². The Kier molecular flexibility index (Phi) is 51.6. The molecule has 130 heavy (non-hydrogen) atoms. The van der Waals surface area contributed by atoms with Gasteiger partial charge in [-0.2, -0.15) is 0 Å². The molecule has 756 valence electrons. The molecule has 6 heterocycles. The second-order valence-corrected chi connectivity index (χ2v) is 35.3. The molecule has 0 aromatic rings. The largest absolute Gasteiger partial charge is 0.477 e. The lowest BCUT2D eigenvalue weighted by atomic mass is 9.88. The lowest BCUT2D eigenvalue weighted by Gasteiger charge is -2.53. The Bertz CT molecular complexity index is 3260. The number of carboxylic acids is 2. The van der Waals surface area contributed by atoms with Crippen LogP contribution in [0.4, 0.5) is 0 Å². The van der Waals surface area contributed by atoms with Crippen molar-refractivity contribution in [3.8, 4) is 0 Å². The summed E-state index contributed by atoms with van der Waals surface area (Å²) in [6.07, 6.45) is -28.1. The first kappa shape index (κ1) is 114. The van der Waals surface area contributed by atoms with Crippen LogP contribution in [0.3, 0.4) is 0 Å². The first-order valence-electron chi connectivity index (χ1n) is 46.7. The Labute approximate surface area is 759 Å². The van der Waals surface area contributed by atoms with Gasteiger partial charge < -0.3 is 185 Å². The van der Waals surface area contributed by atoms with E-state index in [1.165, 1.54) is 122 Å². The molecule has 0 saturated carbocycles. The normalized spacial score (nSPS) is 34.6. The van der Waals surface area contributed by atoms with Gasteiger partial charge in [-0.3, -0.25) is 19.2 Å². The molecule has 34 atom stereocenters. The van der Waals surface area contributed by atoms with Crippen LogP contribution in [0.5, 0.6) is 0 Å². The Morgan fingerprint density at radius 1 is 0.400 bits per heavy atom. The zero-order valence-electron chi connectivity index (χ0n) is 75.7. The molecular weight excluding hydrogens is 1720 g/mol. The van der Waals surface area contributed by atoms with Gasteiger partial charge in [0.2, 0.25) is 23.6 Å². The van der Waals surface area contributed by atoms with Crippen LogP contribution < -0.4 is 21.3 Å². The van der Waals surface area contributed by atoms with Gasteiger partial charge in [-0.1, -0.05) is 199 Å². The van der Waals surface area contributed by atoms with Crippen molar-refractivity contribution in [2.45, 2.75) is 454 Å². The van der Waals surface area contributed by atoms with E-state index in [1.807, 2.05) is 0 Å². The second-order valence-electron chi connectivity index (χ2n) is 35.3. The molecular formula is C87H154N4O39. The molecule has 43 nitrogen and oxygen atoms in total. The minimum atomic E-state index is -3.50. The summed E-state index contributed by atoms with van der Waals surface area (Å²) in [4.78, 5) is 79.7. The van der Waals surface area contributed by atoms with Crippen LogP contribution >= 0.6 is 0 Å². The van der Waals surface area contributed by atoms with Crippen LogP contribution in [0.15, 0.2) is 12.2 Å². The van der Waals surface area contributed by atoms with Crippen molar-refractivity contribution >= 4 is 35.6 Å². The average molecular weight is 1880 g/mol. The van der Waals surface area contributed by atoms with Gasteiger partial charge in [0.25, 0.3) is 11.6 Å². The summed E-state index contributed by atoms with van der Waals surface area (Å²) in [6, 6.07) is -6.94. The quantitative estimate of drug-likeness (QED) is 0.0218. The van der Waals surface area contributed by atoms with Crippen molar-refractivity contribution in [3.05, 3.63) is 12.2 Å². The number of carbonyl (C=O) groups is 6. The maximum absolute atomic E-state index is 14.1. The fourth-order valence-corrected chi connectivity index (χ4v) is 17.4. The fourth-order valence-electron chi connectivity index (χ4n) is 17.4. The molecule has 25 N–H and O–H groups in total. The SMILES string of the molecule is CCCCCCCCCCCCCC=CC(O)C(COC1OC(CO)C(OC2OC(CO)C(OC3OC(CO)C(O)C(OC4OC(CO)C(O)C(OC5(C(=O)O)CC(O)C(NC(C)=O)C(C(O)C(O)CO)O5)C4O)C3NC(C)=O)C(OC3(C(=O)O)CC(O)C(NC(C)=O)C(C(O)C(O)CO)O3)C2O)C(O)C1O)NC(=O)CCCCCCCCCCCCCCCCCCCC. The molecule has 0 aromatic heterocycles. The summed E-state index contributed by atoms with van der Waals surface area (Å²) in [5.74, 6) is -14.5. The summed E-state index contributed by atoms with van der Waals surface area (Å²) < 4.78 is 72.5. The monoisotopic (exact) mass is 1880 g/mol. The molecule has 4 amide bonds. The third-order valence-electron chi connectivity index (χ3n) is 24.8. The highest BCUT2D eigenvalue weighted by Gasteiger charge is 2.64. The van der Waals surface area contributed by atoms with Crippen LogP contribution in [0.2, 0.25) is 0 Å². The molecule has 0 bridgehead atoms. The van der Waals surface area contributed by atoms with Gasteiger partial charge in [-0.05, 0) is 19.3 Å². The van der Waals surface area contributed by atoms with Crippen LogP contribution in [0.25, 0.3) is 0 Å². The highest BCUT2D eigenvalue weighted by Crippen LogP contribution is 2.43. The molecule has 6 aliphatic heterocycles. The van der Waals surface area contributed by atoms with E-state index in [1.54, 1.807) is 6.08 Å². The van der Waals surface area contributed by atoms with Crippen molar-refractivity contribution in [2.24, 2.45) is 0 Å². The van der Waals surface area contributed by atoms with Crippen LogP contribution in [-0.2, 0) is 85.6 Å². The van der Waals surface area contributed by atoms with Crippen molar-refractivity contribution in [1.29, 1.82) is 0 Å². The highest BCUT2D eigenvalue weighted by atomic mass is 16.8. The summed E-state index contributed by atoms with van der Waals surface area (Å²) in [5.41, 5.74) is 0. The lowest BCUT2D eigenvalue weighted by Crippen LogP contribution is -2.72. The van der Waals surface area contributed by atoms with Gasteiger partial charge in [-0.25, -0.2) is 9.59 Å². The molecule has 43 heteroatoms. The number of carbonyl (C=O) groups excluding carboxylic acids is 4. The number of aliphatic hydroxyl groups is 19. The number of nitrogens with one attached hydrogen (secondary N) is 4. The standard InChI is InChI=1S/C87H154N4O39/c1-6-8-10-12-14-16-18-20-21-22-23-24-26-28-30-32-34-36-38-61(106)91-51(52(101)37-35-33-31-29-27-25-19-17-15-13-11-9-7-2)47-119-81-70(112)69(111)73(59(45-96)122-81)124-83-72(114)79(130-87(85(117)118)40-54(103)63(89-49(4)99)77(128-87)66(108)56(105)42-93)74(60(46-97)123-83)125-80-64(90-50(5)100)75(67(109)57(43-94)120-80)126-82-71(113)78(68(110)58(44-95)121-82)129-86(84(115)116)39-53(102)62(88-48(3)98)76(127-86)65(107)55(104)41-92/h35,37,51-60,62-83,92-97,101-105,107-114H,6-34,36,38-47H2,1-5H3,(H,88,98)(H,89,99)(H,90,100)(H,91,106)(H,115,116)(H,117,118). The number of carboxylic acid groups (broad SMARTS) is 2. The average Bonchev–Trinajstić information content (AvgIpc) is 0.747. The van der Waals surface area contributed by atoms with Crippen LogP contribution in [0, 0.1) is 0 Å². The maximum atomic E-state index is 14.1. The zero-order valence-corrected chi connectivity index (χ0v) is 75.7. The van der Waals surface area contributed by atoms with Gasteiger partial charge in [0.1, 0.15) is 134 Å². The number of aliphatic carboxylic acids is 2. The van der Waals surface area contributed by atoms with E-state index in [0.717, 1.165) is 85.0 Å². The van der Waals surface area contributed by atoms with Crippen molar-refractivity contribution in [3.63, 3.8) is 0 Å². The van der Waals surface area contributed by atoms with E-state index in [2.05, 4.69) is 35.1 Å². The molecule has 0 aliphatic carbocycles. The first-order chi connectivity index (χ1) is 62.1. The molecule has 6 aliphatic rings. The summed E-state index contributed by atoms with van der Waals surface area (Å²) in [5, 5.41) is 247. The molecule has 34 unspecified atom stereocenters. The van der Waals surface area contributed by atoms with Crippen LogP contribution in [-0.4, -0.2) is 396 Å². The third kappa shape index (κ3) is 33.9. The van der Waals surface area contributed by atoms with Gasteiger partial charge in [0, 0.05) is 40.0 Å². The lowest BCUT2D eigenvalue weighted by molar-refractivity contribution is -0.405. The number of rotatable bonds is 62. The maximum Gasteiger partial charge on any atom is 0.364 e. The second kappa shape index (κ2) is 58.8. The molecule has 6 saturated heterocycles. The van der Waals surface area contributed by atoms with Crippen molar-refractivity contribution in [2.75, 3.05) is 46.2 Å². The van der Waals surface area contributed by atoms with Crippen molar-refractivity contribution in [1.82, 2.24) is 21.3 Å². The number of hydrogen-bond acceptors (Lipinski definition) is 37. The molecule has 0 radical (unpaired) electrons. The van der Waals surface area contributed by atoms with E-state index >= 15 is 0 Å². The minimum Gasteiger partial charge on any atom is -0.477 e. The third-order valence-corrected chi connectivity index (χ3v) is 24.8. The zero-order chi connectivity index (χ0) is 96.0. The van der Waals surface area contributed by atoms with Gasteiger partial charge in [-0.15, -0.1) is 0 Å². The van der Waals surface area contributed by atoms with Gasteiger partial charge >= 0.3 is 11.9 Å². The molecule has 6 rings (SSSR count). The van der Waals surface area contributed by atoms with Gasteiger partial charge in [0.05, 0.1) is 82.7 Å². The highest BCUT2D eigenvalue weighted by molar-refractivity contribution is 5.78. The first-order valence-corrected chi connectivity index (χ1v) is 46.7. The van der Waals surface area contributed by atoms with E-state index in [-0.39, 0.29) is 6.42 Å². The predicted molar refractivity (Wildman–Crippen MR) is 454 cm³/mol. The Morgan fingerprint density at radius 2 is 0.754 bits per heavy atom. The number of unbranched alkanes of at least 4 members (excludes halogenated alkanes) is 28. The predicted octanol–water partition coefficient (Wildman–Crippen LogP) is -2.70. The number of hydrogen-bond donors (Lipinski definition) is 25. The Balaban J connectivity index is 1.28. The van der Waals surface area contributed by atoms with E-state index in [0.29, 0.717) is 12.8 Å². The van der Waals surface area contributed by atoms with Crippen molar-refractivity contribution < 1.29 is 193 Å². The topological polar surface area (TPSA) is 686 Å². The summed E-state index contributed by atoms with van der Waals surface area (Å²) in [6.45, 7) is -0.815. The van der Waals surface area contributed by atoms with Gasteiger partial charge in [0.15, 0.2) is 25.2 Å². The fraction of sp³-hybridized carbons (Fsp3) is 0.908. The van der Waals surface area contributed by atoms with E-state index in [4.69, 9.17) is 56.8 Å². The Hall–Kier alpha value is -4.68. The Morgan fingerprint density at radius 3 is 1.17 bits per heavy atom. The number of allylic oxidation sites excluding steroid dienone is 1. The van der Waals surface area contributed by atoms with Crippen LogP contribution in [0.1, 0.15) is 247 Å². The minimum absolute atomic E-state index is 0.0957.